The van der Waals surface area contributed by atoms with Crippen LogP contribution in [-0.4, -0.2) is 24.6 Å². The minimum absolute atomic E-state index is 0.0366. The van der Waals surface area contributed by atoms with E-state index >= 15 is 0 Å². The summed E-state index contributed by atoms with van der Waals surface area (Å²) in [5.74, 6) is 1.75. The number of aryl methyl sites for hydroxylation is 1. The van der Waals surface area contributed by atoms with Gasteiger partial charge in [-0.05, 0) is 98.9 Å². The highest BCUT2D eigenvalue weighted by Gasteiger charge is 2.57. The van der Waals surface area contributed by atoms with Crippen molar-refractivity contribution >= 4 is 16.9 Å². The number of para-hydroxylation sites is 1. The third kappa shape index (κ3) is 4.79. The van der Waals surface area contributed by atoms with Crippen LogP contribution in [0.1, 0.15) is 69.3 Å². The van der Waals surface area contributed by atoms with Crippen molar-refractivity contribution in [2.45, 2.75) is 71.8 Å². The summed E-state index contributed by atoms with van der Waals surface area (Å²) >= 11 is 0. The van der Waals surface area contributed by atoms with Gasteiger partial charge in [0.25, 0.3) is 0 Å². The second-order valence-electron chi connectivity index (χ2n) is 11.8. The number of fused-ring (bicyclic) bond motifs is 2. The van der Waals surface area contributed by atoms with Crippen molar-refractivity contribution in [1.29, 1.82) is 0 Å². The number of furan rings is 1. The van der Waals surface area contributed by atoms with Gasteiger partial charge in [0.05, 0.1) is 25.3 Å². The van der Waals surface area contributed by atoms with Crippen LogP contribution in [0.3, 0.4) is 0 Å². The molecule has 3 aromatic rings. The first-order chi connectivity index (χ1) is 17.9. The van der Waals surface area contributed by atoms with Gasteiger partial charge in [-0.2, -0.15) is 0 Å². The largest absolute Gasteiger partial charge is 0.469 e. The molecule has 2 fully saturated rings. The van der Waals surface area contributed by atoms with E-state index in [-0.39, 0.29) is 11.4 Å². The lowest BCUT2D eigenvalue weighted by molar-refractivity contribution is -0.168. The summed E-state index contributed by atoms with van der Waals surface area (Å²) in [6.45, 7) is 10.7. The molecule has 0 unspecified atom stereocenters. The van der Waals surface area contributed by atoms with Crippen molar-refractivity contribution < 1.29 is 13.9 Å². The average Bonchev–Trinajstić information content (AvgIpc) is 3.52. The molecule has 2 heterocycles. The second-order valence-corrected chi connectivity index (χ2v) is 11.8. The molecule has 2 aliphatic carbocycles. The van der Waals surface area contributed by atoms with Crippen molar-refractivity contribution in [2.75, 3.05) is 13.7 Å². The molecule has 2 saturated carbocycles. The van der Waals surface area contributed by atoms with Crippen molar-refractivity contribution in [3.05, 3.63) is 71.8 Å². The SMILES string of the molecule is C=C1CC[C@@H]2[C@](C)(CCC[C@]2(C)C(=O)OC)[C@H]1CCc1ccoc1CNCCc1c[nH]c2ccccc12. The first-order valence-electron chi connectivity index (χ1n) is 13.9. The van der Waals surface area contributed by atoms with Crippen LogP contribution in [0.4, 0.5) is 0 Å². The summed E-state index contributed by atoms with van der Waals surface area (Å²) in [6, 6.07) is 10.6. The van der Waals surface area contributed by atoms with Gasteiger partial charge in [-0.3, -0.25) is 4.79 Å². The lowest BCUT2D eigenvalue weighted by Gasteiger charge is -2.57. The summed E-state index contributed by atoms with van der Waals surface area (Å²) < 4.78 is 11.2. The van der Waals surface area contributed by atoms with Crippen molar-refractivity contribution in [1.82, 2.24) is 10.3 Å². The zero-order chi connectivity index (χ0) is 26.0. The molecule has 4 atom stereocenters. The fraction of sp³-hybridized carbons (Fsp3) is 0.531. The van der Waals surface area contributed by atoms with E-state index in [2.05, 4.69) is 67.3 Å². The highest BCUT2D eigenvalue weighted by molar-refractivity contribution is 5.83. The summed E-state index contributed by atoms with van der Waals surface area (Å²) in [5.41, 5.74) is 4.86. The molecule has 0 radical (unpaired) electrons. The van der Waals surface area contributed by atoms with Crippen LogP contribution in [0, 0.1) is 22.7 Å². The predicted molar refractivity (Wildman–Crippen MR) is 148 cm³/mol. The van der Waals surface area contributed by atoms with Crippen LogP contribution in [0.15, 0.2) is 59.4 Å². The third-order valence-electron chi connectivity index (χ3n) is 9.74. The molecule has 2 aromatic heterocycles. The van der Waals surface area contributed by atoms with Crippen molar-refractivity contribution in [3.63, 3.8) is 0 Å². The van der Waals surface area contributed by atoms with Gasteiger partial charge in [0.15, 0.2) is 0 Å². The number of ether oxygens (including phenoxy) is 1. The Morgan fingerprint density at radius 1 is 1.19 bits per heavy atom. The lowest BCUT2D eigenvalue weighted by Crippen LogP contribution is -2.53. The molecular formula is C32H42N2O3. The normalized spacial score (nSPS) is 27.8. The van der Waals surface area contributed by atoms with Crippen LogP contribution in [0.25, 0.3) is 10.9 Å². The molecule has 198 valence electrons. The molecule has 5 rings (SSSR count). The zero-order valence-electron chi connectivity index (χ0n) is 22.7. The predicted octanol–water partition coefficient (Wildman–Crippen LogP) is 6.98. The summed E-state index contributed by atoms with van der Waals surface area (Å²) in [4.78, 5) is 16.2. The number of hydrogen-bond acceptors (Lipinski definition) is 4. The van der Waals surface area contributed by atoms with E-state index < -0.39 is 5.41 Å². The van der Waals surface area contributed by atoms with Crippen LogP contribution in [-0.2, 0) is 28.9 Å². The Hall–Kier alpha value is -2.79. The first kappa shape index (κ1) is 25.8. The number of allylic oxidation sites excluding steroid dienone is 1. The van der Waals surface area contributed by atoms with Crippen LogP contribution in [0.2, 0.25) is 0 Å². The number of esters is 1. The molecule has 5 heteroatoms. The van der Waals surface area contributed by atoms with Crippen molar-refractivity contribution in [3.8, 4) is 0 Å². The number of carbonyl (C=O) groups is 1. The fourth-order valence-electron chi connectivity index (χ4n) is 7.77. The van der Waals surface area contributed by atoms with Crippen LogP contribution >= 0.6 is 0 Å². The Bertz CT molecular complexity index is 1260. The van der Waals surface area contributed by atoms with Gasteiger partial charge in [-0.1, -0.05) is 43.7 Å². The van der Waals surface area contributed by atoms with E-state index in [1.165, 1.54) is 34.7 Å². The maximum Gasteiger partial charge on any atom is 0.311 e. The number of hydrogen-bond donors (Lipinski definition) is 2. The number of methoxy groups -OCH3 is 1. The van der Waals surface area contributed by atoms with Gasteiger partial charge in [-0.15, -0.1) is 0 Å². The maximum atomic E-state index is 12.9. The Morgan fingerprint density at radius 3 is 2.86 bits per heavy atom. The zero-order valence-corrected chi connectivity index (χ0v) is 22.7. The number of carbonyl (C=O) groups excluding carboxylic acids is 1. The molecule has 0 amide bonds. The minimum atomic E-state index is -0.393. The smallest absolute Gasteiger partial charge is 0.311 e. The van der Waals surface area contributed by atoms with E-state index in [0.717, 1.165) is 70.2 Å². The Morgan fingerprint density at radius 2 is 2.03 bits per heavy atom. The maximum absolute atomic E-state index is 12.9. The Balaban J connectivity index is 1.20. The minimum Gasteiger partial charge on any atom is -0.469 e. The molecule has 2 aliphatic rings. The van der Waals surface area contributed by atoms with Gasteiger partial charge in [0.2, 0.25) is 0 Å². The quantitative estimate of drug-likeness (QED) is 0.188. The number of aromatic amines is 1. The van der Waals surface area contributed by atoms with E-state index in [1.54, 1.807) is 0 Å². The van der Waals surface area contributed by atoms with E-state index in [1.807, 2.05) is 6.26 Å². The average molecular weight is 503 g/mol. The summed E-state index contributed by atoms with van der Waals surface area (Å²) in [6.07, 6.45) is 12.1. The molecule has 1 aromatic carbocycles. The summed E-state index contributed by atoms with van der Waals surface area (Å²) in [5, 5.41) is 4.88. The molecule has 0 spiro atoms. The standard InChI is InChI=1S/C32H42N2O3/c1-22-10-13-29-31(2,16-7-17-32(29,3)30(35)36-4)26(22)12-11-23-15-19-37-28(23)21-33-18-14-24-20-34-27-9-6-5-8-25(24)27/h5-6,8-9,15,19-20,26,29,33-34H,1,7,10-14,16-18,21H2,2-4H3/t26-,29+,31+,32-/m0/s1. The first-order valence-corrected chi connectivity index (χ1v) is 13.9. The molecule has 2 N–H and O–H groups in total. The molecule has 0 saturated heterocycles. The Kier molecular flexibility index (Phi) is 7.35. The fourth-order valence-corrected chi connectivity index (χ4v) is 7.77. The molecule has 0 bridgehead atoms. The number of rotatable bonds is 9. The Labute approximate surface area is 221 Å². The topological polar surface area (TPSA) is 67.3 Å². The number of benzene rings is 1. The van der Waals surface area contributed by atoms with Gasteiger partial charge < -0.3 is 19.5 Å². The highest BCUT2D eigenvalue weighted by atomic mass is 16.5. The molecule has 5 nitrogen and oxygen atoms in total. The van der Waals surface area contributed by atoms with Crippen molar-refractivity contribution in [2.24, 2.45) is 22.7 Å². The summed E-state index contributed by atoms with van der Waals surface area (Å²) in [7, 11) is 1.54. The number of nitrogens with one attached hydrogen (secondary N) is 2. The van der Waals surface area contributed by atoms with E-state index in [0.29, 0.717) is 11.8 Å². The van der Waals surface area contributed by atoms with Crippen LogP contribution in [0.5, 0.6) is 0 Å². The highest BCUT2D eigenvalue weighted by Crippen LogP contribution is 2.62. The van der Waals surface area contributed by atoms with Gasteiger partial charge in [0, 0.05) is 17.1 Å². The number of aromatic nitrogens is 1. The monoisotopic (exact) mass is 502 g/mol. The molecular weight excluding hydrogens is 460 g/mol. The second kappa shape index (κ2) is 10.5. The van der Waals surface area contributed by atoms with E-state index in [9.17, 15) is 4.79 Å². The van der Waals surface area contributed by atoms with Gasteiger partial charge in [0.1, 0.15) is 5.76 Å². The van der Waals surface area contributed by atoms with Gasteiger partial charge in [-0.25, -0.2) is 0 Å². The van der Waals surface area contributed by atoms with Gasteiger partial charge >= 0.3 is 5.97 Å². The number of H-pyrrole nitrogens is 1. The van der Waals surface area contributed by atoms with Crippen LogP contribution < -0.4 is 5.32 Å². The molecule has 37 heavy (non-hydrogen) atoms. The van der Waals surface area contributed by atoms with E-state index in [4.69, 9.17) is 9.15 Å². The lowest BCUT2D eigenvalue weighted by atomic mass is 9.46. The third-order valence-corrected chi connectivity index (χ3v) is 9.74. The molecule has 0 aliphatic heterocycles.